The summed E-state index contributed by atoms with van der Waals surface area (Å²) in [6.45, 7) is 0. The summed E-state index contributed by atoms with van der Waals surface area (Å²) >= 11 is -2.72. The van der Waals surface area contributed by atoms with E-state index in [4.69, 9.17) is 4.84 Å². The smallest absolute Gasteiger partial charge is 0.437 e. The van der Waals surface area contributed by atoms with Crippen molar-refractivity contribution in [1.82, 2.24) is 0 Å². The van der Waals surface area contributed by atoms with Crippen molar-refractivity contribution in [2.75, 3.05) is 0 Å². The molecule has 1 atom stereocenters. The average molecular weight is 378 g/mol. The second-order valence-electron chi connectivity index (χ2n) is 5.24. The Kier molecular flexibility index (Phi) is 5.06. The molecule has 0 saturated heterocycles. The maximum Gasteiger partial charge on any atom is 0.437 e. The third kappa shape index (κ3) is 3.76. The molecule has 0 aliphatic rings. The highest BCUT2D eigenvalue weighted by atomic mass is 32.2. The van der Waals surface area contributed by atoms with E-state index in [1.807, 2.05) is 0 Å². The average Bonchev–Trinajstić information content (AvgIpc) is 2.61. The third-order valence-electron chi connectivity index (χ3n) is 3.56. The third-order valence-corrected chi connectivity index (χ3v) is 4.32. The van der Waals surface area contributed by atoms with Gasteiger partial charge >= 0.3 is 6.18 Å². The molecule has 1 unspecified atom stereocenters. The molecule has 3 rings (SSSR count). The summed E-state index contributed by atoms with van der Waals surface area (Å²) in [4.78, 5) is 4.68. The lowest BCUT2D eigenvalue weighted by molar-refractivity contribution is -0.0598. The number of hydrogen-bond acceptors (Lipinski definition) is 4. The fraction of sp³-hybridized carbons (Fsp3) is 0.0556. The molecular formula is C18H11F3NO3S-. The molecule has 134 valence electrons. The zero-order chi connectivity index (χ0) is 18.7. The van der Waals surface area contributed by atoms with Crippen LogP contribution in [-0.2, 0) is 11.1 Å². The van der Waals surface area contributed by atoms with E-state index in [-0.39, 0.29) is 16.2 Å². The number of rotatable bonds is 4. The zero-order valence-electron chi connectivity index (χ0n) is 13.1. The Morgan fingerprint density at radius 3 is 2.27 bits per heavy atom. The van der Waals surface area contributed by atoms with Crippen LogP contribution in [0.15, 0.2) is 76.8 Å². The van der Waals surface area contributed by atoms with Gasteiger partial charge in [0.1, 0.15) is 0 Å². The normalized spacial score (nSPS) is 13.6. The van der Waals surface area contributed by atoms with Gasteiger partial charge in [-0.1, -0.05) is 65.8 Å². The van der Waals surface area contributed by atoms with Crippen LogP contribution in [0.3, 0.4) is 0 Å². The number of alkyl halides is 3. The van der Waals surface area contributed by atoms with Gasteiger partial charge in [0.05, 0.1) is 4.90 Å². The second kappa shape index (κ2) is 7.27. The van der Waals surface area contributed by atoms with Crippen molar-refractivity contribution >= 4 is 27.6 Å². The SMILES string of the molecule is O=S([O-])c1c(ON=C(c2ccccc2)C(F)(F)F)ccc2ccccc12. The van der Waals surface area contributed by atoms with Gasteiger partial charge in [-0.3, -0.25) is 4.21 Å². The largest absolute Gasteiger partial charge is 0.768 e. The molecule has 3 aromatic rings. The van der Waals surface area contributed by atoms with E-state index in [0.717, 1.165) is 0 Å². The van der Waals surface area contributed by atoms with Crippen LogP contribution in [0.2, 0.25) is 0 Å². The molecule has 0 radical (unpaired) electrons. The van der Waals surface area contributed by atoms with Gasteiger partial charge < -0.3 is 9.39 Å². The monoisotopic (exact) mass is 378 g/mol. The lowest BCUT2D eigenvalue weighted by Gasteiger charge is -2.14. The van der Waals surface area contributed by atoms with Gasteiger partial charge in [0.15, 0.2) is 11.5 Å². The molecule has 26 heavy (non-hydrogen) atoms. The van der Waals surface area contributed by atoms with Crippen LogP contribution in [0, 0.1) is 0 Å². The number of fused-ring (bicyclic) bond motifs is 1. The molecule has 0 saturated carbocycles. The highest BCUT2D eigenvalue weighted by molar-refractivity contribution is 7.79. The Hall–Kier alpha value is -2.71. The summed E-state index contributed by atoms with van der Waals surface area (Å²) in [6, 6.07) is 16.3. The number of oxime groups is 1. The molecule has 8 heteroatoms. The lowest BCUT2D eigenvalue weighted by Crippen LogP contribution is -2.25. The Bertz CT molecular complexity index is 988. The first-order valence-electron chi connectivity index (χ1n) is 7.36. The van der Waals surface area contributed by atoms with Gasteiger partial charge in [0.25, 0.3) is 0 Å². The van der Waals surface area contributed by atoms with Gasteiger partial charge in [-0.05, 0) is 22.5 Å². The van der Waals surface area contributed by atoms with E-state index in [9.17, 15) is 21.9 Å². The molecule has 4 nitrogen and oxygen atoms in total. The van der Waals surface area contributed by atoms with E-state index >= 15 is 0 Å². The molecule has 3 aromatic carbocycles. The van der Waals surface area contributed by atoms with Crippen molar-refractivity contribution < 1.29 is 26.8 Å². The van der Waals surface area contributed by atoms with Gasteiger partial charge in [-0.15, -0.1) is 0 Å². The van der Waals surface area contributed by atoms with Gasteiger partial charge in [-0.2, -0.15) is 13.2 Å². The summed E-state index contributed by atoms with van der Waals surface area (Å²) in [7, 11) is 0. The molecule has 0 amide bonds. The summed E-state index contributed by atoms with van der Waals surface area (Å²) in [5.41, 5.74) is -1.44. The minimum absolute atomic E-state index is 0.189. The van der Waals surface area contributed by atoms with Crippen molar-refractivity contribution in [1.29, 1.82) is 0 Å². The minimum Gasteiger partial charge on any atom is -0.768 e. The highest BCUT2D eigenvalue weighted by Gasteiger charge is 2.38. The number of benzene rings is 3. The van der Waals surface area contributed by atoms with Crippen molar-refractivity contribution in [3.63, 3.8) is 0 Å². The predicted octanol–water partition coefficient (Wildman–Crippen LogP) is 4.42. The van der Waals surface area contributed by atoms with Crippen LogP contribution in [-0.4, -0.2) is 20.6 Å². The fourth-order valence-corrected chi connectivity index (χ4v) is 3.06. The van der Waals surface area contributed by atoms with Crippen LogP contribution in [0.25, 0.3) is 10.8 Å². The molecule has 0 aliphatic carbocycles. The van der Waals surface area contributed by atoms with Gasteiger partial charge in [0.2, 0.25) is 0 Å². The number of halogens is 3. The first-order chi connectivity index (χ1) is 12.4. The van der Waals surface area contributed by atoms with Crippen LogP contribution >= 0.6 is 0 Å². The quantitative estimate of drug-likeness (QED) is 0.383. The van der Waals surface area contributed by atoms with Gasteiger partial charge in [-0.25, -0.2) is 0 Å². The van der Waals surface area contributed by atoms with Crippen LogP contribution in [0.4, 0.5) is 13.2 Å². The maximum absolute atomic E-state index is 13.3. The van der Waals surface area contributed by atoms with E-state index in [1.165, 1.54) is 30.3 Å². The standard InChI is InChI=1S/C18H12F3NO3S/c19-18(20,21)17(13-7-2-1-3-8-13)22-25-15-11-10-12-6-4-5-9-14(12)16(15)26(23)24/h1-11H,(H,23,24)/p-1. The maximum atomic E-state index is 13.3. The molecule has 0 heterocycles. The van der Waals surface area contributed by atoms with Crippen LogP contribution < -0.4 is 4.84 Å². The van der Waals surface area contributed by atoms with Gasteiger partial charge in [0, 0.05) is 10.9 Å². The fourth-order valence-electron chi connectivity index (χ4n) is 2.43. The van der Waals surface area contributed by atoms with E-state index in [0.29, 0.717) is 10.8 Å². The summed E-state index contributed by atoms with van der Waals surface area (Å²) < 4.78 is 63.1. The topological polar surface area (TPSA) is 61.7 Å². The minimum atomic E-state index is -4.77. The molecule has 0 aliphatic heterocycles. The summed E-state index contributed by atoms with van der Waals surface area (Å²) in [5.74, 6) is -0.283. The van der Waals surface area contributed by atoms with E-state index in [2.05, 4.69) is 5.16 Å². The Morgan fingerprint density at radius 1 is 0.962 bits per heavy atom. The lowest BCUT2D eigenvalue weighted by atomic mass is 10.1. The summed E-state index contributed by atoms with van der Waals surface area (Å²) in [5, 5.41) is 4.15. The van der Waals surface area contributed by atoms with Crippen LogP contribution in [0.5, 0.6) is 5.75 Å². The molecule has 0 aromatic heterocycles. The first kappa shape index (κ1) is 18.1. The number of hydrogen-bond donors (Lipinski definition) is 0. The van der Waals surface area contributed by atoms with Crippen LogP contribution in [0.1, 0.15) is 5.56 Å². The Morgan fingerprint density at radius 2 is 1.62 bits per heavy atom. The number of nitrogens with zero attached hydrogens (tertiary/aromatic N) is 1. The molecule has 0 spiro atoms. The molecule has 0 fully saturated rings. The second-order valence-corrected chi connectivity index (χ2v) is 6.12. The van der Waals surface area contributed by atoms with Crippen molar-refractivity contribution in [3.05, 3.63) is 72.3 Å². The Labute approximate surface area is 149 Å². The predicted molar refractivity (Wildman–Crippen MR) is 90.8 cm³/mol. The highest BCUT2D eigenvalue weighted by Crippen LogP contribution is 2.31. The summed E-state index contributed by atoms with van der Waals surface area (Å²) in [6.07, 6.45) is -4.77. The first-order valence-corrected chi connectivity index (χ1v) is 8.44. The Balaban J connectivity index is 2.08. The van der Waals surface area contributed by atoms with Crippen molar-refractivity contribution in [3.8, 4) is 5.75 Å². The molecular weight excluding hydrogens is 367 g/mol. The molecule has 0 N–H and O–H groups in total. The molecule has 0 bridgehead atoms. The van der Waals surface area contributed by atoms with Crippen molar-refractivity contribution in [2.24, 2.45) is 5.16 Å². The zero-order valence-corrected chi connectivity index (χ0v) is 13.9. The van der Waals surface area contributed by atoms with E-state index < -0.39 is 23.0 Å². The van der Waals surface area contributed by atoms with E-state index in [1.54, 1.807) is 36.4 Å². The van der Waals surface area contributed by atoms with Crippen molar-refractivity contribution in [2.45, 2.75) is 11.1 Å².